The highest BCUT2D eigenvalue weighted by molar-refractivity contribution is 5.94. The van der Waals surface area contributed by atoms with Crippen LogP contribution in [-0.4, -0.2) is 37.7 Å². The number of hydrogen-bond donors (Lipinski definition) is 3. The highest BCUT2D eigenvalue weighted by Gasteiger charge is 2.29. The third kappa shape index (κ3) is 6.63. The van der Waals surface area contributed by atoms with Gasteiger partial charge in [0.05, 0.1) is 6.54 Å². The third-order valence-corrected chi connectivity index (χ3v) is 4.74. The largest absolute Gasteiger partial charge is 0.484 e. The first kappa shape index (κ1) is 22.5. The van der Waals surface area contributed by atoms with Crippen molar-refractivity contribution < 1.29 is 22.7 Å². The average Bonchev–Trinajstić information content (AvgIpc) is 2.74. The summed E-state index contributed by atoms with van der Waals surface area (Å²) >= 11 is 0. The Bertz CT molecular complexity index is 931. The number of hydrogen-bond acceptors (Lipinski definition) is 3. The summed E-state index contributed by atoms with van der Waals surface area (Å²) in [5.74, 6) is 0.605. The monoisotopic (exact) mass is 434 g/mol. The highest BCUT2D eigenvalue weighted by atomic mass is 19.4. The normalized spacial score (nSPS) is 16.3. The molecule has 0 aromatic heterocycles. The number of rotatable bonds is 7. The number of benzene rings is 2. The fourth-order valence-electron chi connectivity index (χ4n) is 3.34. The first-order valence-electron chi connectivity index (χ1n) is 10.0. The third-order valence-electron chi connectivity index (χ3n) is 4.74. The Morgan fingerprint density at radius 3 is 2.68 bits per heavy atom. The molecule has 0 saturated heterocycles. The first-order chi connectivity index (χ1) is 14.9. The zero-order valence-electron chi connectivity index (χ0n) is 17.1. The summed E-state index contributed by atoms with van der Waals surface area (Å²) in [6, 6.07) is 14.2. The van der Waals surface area contributed by atoms with Gasteiger partial charge in [-0.1, -0.05) is 36.4 Å². The molecule has 0 spiro atoms. The molecule has 0 saturated carbocycles. The summed E-state index contributed by atoms with van der Waals surface area (Å²) in [4.78, 5) is 16.5. The highest BCUT2D eigenvalue weighted by Crippen LogP contribution is 2.31. The van der Waals surface area contributed by atoms with Gasteiger partial charge in [-0.25, -0.2) is 4.99 Å². The van der Waals surface area contributed by atoms with E-state index in [0.717, 1.165) is 11.3 Å². The van der Waals surface area contributed by atoms with Crippen molar-refractivity contribution in [2.24, 2.45) is 4.99 Å². The van der Waals surface area contributed by atoms with Crippen LogP contribution in [0.2, 0.25) is 0 Å². The number of aliphatic imine (C=N–C) groups is 1. The minimum absolute atomic E-state index is 0.0174. The number of amides is 1. The molecule has 1 unspecified atom stereocenters. The van der Waals surface area contributed by atoms with Crippen molar-refractivity contribution in [3.8, 4) is 5.75 Å². The van der Waals surface area contributed by atoms with Gasteiger partial charge in [0.25, 0.3) is 0 Å². The van der Waals surface area contributed by atoms with Gasteiger partial charge in [-0.3, -0.25) is 4.79 Å². The molecule has 0 aliphatic carbocycles. The van der Waals surface area contributed by atoms with Crippen LogP contribution >= 0.6 is 0 Å². The van der Waals surface area contributed by atoms with E-state index in [1.807, 2.05) is 31.2 Å². The molecule has 0 radical (unpaired) electrons. The smallest absolute Gasteiger partial charge is 0.422 e. The number of nitrogens with zero attached hydrogens (tertiary/aromatic N) is 1. The number of guanidine groups is 1. The molecule has 6 nitrogen and oxygen atoms in total. The Hall–Kier alpha value is -3.23. The summed E-state index contributed by atoms with van der Waals surface area (Å²) in [6.45, 7) is 1.81. The second-order valence-electron chi connectivity index (χ2n) is 7.12. The number of alkyl halides is 3. The van der Waals surface area contributed by atoms with Crippen LogP contribution in [0.5, 0.6) is 5.75 Å². The van der Waals surface area contributed by atoms with Gasteiger partial charge in [-0.05, 0) is 24.6 Å². The van der Waals surface area contributed by atoms with Crippen molar-refractivity contribution in [2.45, 2.75) is 32.0 Å². The Morgan fingerprint density at radius 1 is 1.16 bits per heavy atom. The predicted octanol–water partition coefficient (Wildman–Crippen LogP) is 3.81. The van der Waals surface area contributed by atoms with Gasteiger partial charge in [-0.15, -0.1) is 0 Å². The van der Waals surface area contributed by atoms with E-state index in [-0.39, 0.29) is 24.1 Å². The molecule has 0 fully saturated rings. The number of carbonyl (C=O) groups is 1. The Kier molecular flexibility index (Phi) is 7.38. The number of halogens is 3. The Labute approximate surface area is 178 Å². The van der Waals surface area contributed by atoms with E-state index in [1.54, 1.807) is 18.2 Å². The summed E-state index contributed by atoms with van der Waals surface area (Å²) in [5.41, 5.74) is 2.41. The zero-order valence-corrected chi connectivity index (χ0v) is 17.1. The molecule has 3 N–H and O–H groups in total. The van der Waals surface area contributed by atoms with Crippen molar-refractivity contribution in [3.05, 3.63) is 59.7 Å². The summed E-state index contributed by atoms with van der Waals surface area (Å²) in [5, 5.41) is 9.23. The van der Waals surface area contributed by atoms with Crippen LogP contribution in [0.3, 0.4) is 0 Å². The molecule has 31 heavy (non-hydrogen) atoms. The lowest BCUT2D eigenvalue weighted by Gasteiger charge is -2.26. The van der Waals surface area contributed by atoms with E-state index in [0.29, 0.717) is 31.0 Å². The van der Waals surface area contributed by atoms with Gasteiger partial charge < -0.3 is 20.7 Å². The van der Waals surface area contributed by atoms with Crippen molar-refractivity contribution >= 4 is 17.6 Å². The quantitative estimate of drug-likeness (QED) is 0.458. The molecule has 9 heteroatoms. The fourth-order valence-corrected chi connectivity index (χ4v) is 3.34. The van der Waals surface area contributed by atoms with Crippen LogP contribution in [0.25, 0.3) is 0 Å². The van der Waals surface area contributed by atoms with Crippen LogP contribution < -0.4 is 20.7 Å². The second-order valence-corrected chi connectivity index (χ2v) is 7.12. The van der Waals surface area contributed by atoms with E-state index in [4.69, 9.17) is 4.74 Å². The van der Waals surface area contributed by atoms with Crippen molar-refractivity contribution in [1.29, 1.82) is 0 Å². The maximum absolute atomic E-state index is 12.5. The minimum atomic E-state index is -4.41. The molecular formula is C22H25F3N4O2. The molecule has 3 rings (SSSR count). The number of ether oxygens (including phenoxy) is 1. The van der Waals surface area contributed by atoms with Crippen molar-refractivity contribution in [1.82, 2.24) is 10.6 Å². The topological polar surface area (TPSA) is 74.8 Å². The van der Waals surface area contributed by atoms with E-state index < -0.39 is 12.8 Å². The van der Waals surface area contributed by atoms with Gasteiger partial charge in [0.1, 0.15) is 5.75 Å². The van der Waals surface area contributed by atoms with Crippen LogP contribution in [0.1, 0.15) is 30.4 Å². The van der Waals surface area contributed by atoms with Crippen molar-refractivity contribution in [3.63, 3.8) is 0 Å². The van der Waals surface area contributed by atoms with Crippen LogP contribution in [0.4, 0.5) is 18.9 Å². The summed E-state index contributed by atoms with van der Waals surface area (Å²) < 4.78 is 42.4. The summed E-state index contributed by atoms with van der Waals surface area (Å²) in [7, 11) is 0. The number of carbonyl (C=O) groups excluding carboxylic acids is 1. The summed E-state index contributed by atoms with van der Waals surface area (Å²) in [6.07, 6.45) is -4.05. The van der Waals surface area contributed by atoms with Crippen LogP contribution in [-0.2, 0) is 11.3 Å². The zero-order chi connectivity index (χ0) is 22.3. The number of para-hydroxylation sites is 2. The van der Waals surface area contributed by atoms with E-state index in [1.165, 1.54) is 6.07 Å². The fraction of sp³-hybridized carbons (Fsp3) is 0.364. The van der Waals surface area contributed by atoms with E-state index in [9.17, 15) is 18.0 Å². The first-order valence-corrected chi connectivity index (χ1v) is 10.0. The number of nitrogens with one attached hydrogen (secondary N) is 3. The lowest BCUT2D eigenvalue weighted by molar-refractivity contribution is -0.153. The molecule has 1 heterocycles. The molecule has 1 amide bonds. The predicted molar refractivity (Wildman–Crippen MR) is 113 cm³/mol. The molecule has 1 aliphatic heterocycles. The number of anilines is 1. The van der Waals surface area contributed by atoms with Gasteiger partial charge >= 0.3 is 6.18 Å². The van der Waals surface area contributed by atoms with Gasteiger partial charge in [0.15, 0.2) is 12.6 Å². The molecule has 0 bridgehead atoms. The molecule has 1 aliphatic rings. The molecule has 1 atom stereocenters. The second kappa shape index (κ2) is 10.2. The van der Waals surface area contributed by atoms with E-state index >= 15 is 0 Å². The Balaban J connectivity index is 1.67. The van der Waals surface area contributed by atoms with E-state index in [2.05, 4.69) is 20.9 Å². The standard InChI is InChI=1S/C22H25F3N4O2/c1-2-26-21(27-12-15-7-3-6-10-19(15)31-14-22(23,24)25)28-13-16-11-20(30)29-18-9-5-4-8-17(16)18/h3-10,16H,2,11-14H2,1H3,(H,29,30)(H2,26,27,28). The molecule has 2 aromatic rings. The average molecular weight is 434 g/mol. The van der Waals surface area contributed by atoms with Gasteiger partial charge in [0.2, 0.25) is 5.91 Å². The number of fused-ring (bicyclic) bond motifs is 1. The molecule has 2 aromatic carbocycles. The molecule has 166 valence electrons. The SMILES string of the molecule is CCNC(=NCc1ccccc1OCC(F)(F)F)NCC1CC(=O)Nc2ccccc21. The Morgan fingerprint density at radius 2 is 1.90 bits per heavy atom. The maximum Gasteiger partial charge on any atom is 0.422 e. The maximum atomic E-state index is 12.5. The minimum Gasteiger partial charge on any atom is -0.484 e. The lowest BCUT2D eigenvalue weighted by Crippen LogP contribution is -2.40. The molecular weight excluding hydrogens is 409 g/mol. The van der Waals surface area contributed by atoms with Crippen LogP contribution in [0, 0.1) is 0 Å². The van der Waals surface area contributed by atoms with Gasteiger partial charge in [-0.2, -0.15) is 13.2 Å². The van der Waals surface area contributed by atoms with Gasteiger partial charge in [0, 0.05) is 36.7 Å². The lowest BCUT2D eigenvalue weighted by atomic mass is 9.90. The van der Waals surface area contributed by atoms with Crippen LogP contribution in [0.15, 0.2) is 53.5 Å². The van der Waals surface area contributed by atoms with Crippen molar-refractivity contribution in [2.75, 3.05) is 25.0 Å².